The largest absolute Gasteiger partial charge is 0.495 e. The first-order valence-corrected chi connectivity index (χ1v) is 26.2. The normalized spacial score (nSPS) is 13.2. The van der Waals surface area contributed by atoms with Gasteiger partial charge in [0.1, 0.15) is 23.8 Å². The summed E-state index contributed by atoms with van der Waals surface area (Å²) >= 11 is 1.62. The molecule has 1 saturated heterocycles. The fourth-order valence-corrected chi connectivity index (χ4v) is 9.74. The lowest BCUT2D eigenvalue weighted by atomic mass is 10.0. The number of likely N-dealkylation sites (tertiary alicyclic amines) is 1. The molecule has 21 heteroatoms. The lowest BCUT2D eigenvalue weighted by Gasteiger charge is -2.30. The number of alkyl halides is 3. The van der Waals surface area contributed by atoms with Crippen LogP contribution < -0.4 is 30.7 Å². The minimum atomic E-state index is -4.41. The van der Waals surface area contributed by atoms with E-state index in [1.54, 1.807) is 43.3 Å². The minimum absolute atomic E-state index is 0.143. The molecule has 0 saturated carbocycles. The average molecular weight is 1070 g/mol. The lowest BCUT2D eigenvalue weighted by Crippen LogP contribution is -2.36. The Labute approximate surface area is 444 Å². The Morgan fingerprint density at radius 3 is 2.43 bits per heavy atom. The highest BCUT2D eigenvalue weighted by Gasteiger charge is 2.30. The highest BCUT2D eigenvalue weighted by atomic mass is 32.2. The molecule has 0 radical (unpaired) electrons. The van der Waals surface area contributed by atoms with Crippen LogP contribution in [0.15, 0.2) is 88.4 Å². The Hall–Kier alpha value is -6.96. The van der Waals surface area contributed by atoms with Crippen LogP contribution in [0.1, 0.15) is 35.6 Å². The van der Waals surface area contributed by atoms with Gasteiger partial charge in [-0.15, -0.1) is 11.8 Å². The summed E-state index contributed by atoms with van der Waals surface area (Å²) in [6.07, 6.45) is -0.698. The van der Waals surface area contributed by atoms with Crippen molar-refractivity contribution in [3.8, 4) is 34.5 Å². The molecule has 4 N–H and O–H groups in total. The zero-order valence-corrected chi connectivity index (χ0v) is 44.3. The molecule has 3 aromatic carbocycles. The predicted molar refractivity (Wildman–Crippen MR) is 290 cm³/mol. The monoisotopic (exact) mass is 1070 g/mol. The number of imidazole rings is 1. The van der Waals surface area contributed by atoms with E-state index in [9.17, 15) is 18.0 Å². The van der Waals surface area contributed by atoms with Crippen LogP contribution >= 0.6 is 11.8 Å². The topological polar surface area (TPSA) is 176 Å². The number of hydrogen-bond acceptors (Lipinski definition) is 15. The van der Waals surface area contributed by atoms with E-state index in [1.807, 2.05) is 80.1 Å². The van der Waals surface area contributed by atoms with Crippen molar-refractivity contribution in [3.05, 3.63) is 102 Å². The van der Waals surface area contributed by atoms with Crippen molar-refractivity contribution in [2.24, 2.45) is 0 Å². The summed E-state index contributed by atoms with van der Waals surface area (Å²) in [6.45, 7) is 7.92. The predicted octanol–water partition coefficient (Wildman–Crippen LogP) is 8.63. The molecule has 1 fully saturated rings. The molecule has 404 valence electrons. The Bertz CT molecular complexity index is 3090. The third kappa shape index (κ3) is 15.1. The van der Waals surface area contributed by atoms with Crippen molar-refractivity contribution in [2.75, 3.05) is 115 Å². The average Bonchev–Trinajstić information content (AvgIpc) is 4.11. The summed E-state index contributed by atoms with van der Waals surface area (Å²) in [5.74, 6) is 9.04. The molecule has 0 unspecified atom stereocenters. The van der Waals surface area contributed by atoms with E-state index in [-0.39, 0.29) is 25.1 Å². The van der Waals surface area contributed by atoms with Crippen molar-refractivity contribution in [2.45, 2.75) is 56.9 Å². The molecule has 8 rings (SSSR count). The number of anilines is 3. The number of aromatic nitrogens is 5. The number of hydrogen-bond donors (Lipinski definition) is 4. The van der Waals surface area contributed by atoms with E-state index in [1.165, 1.54) is 4.57 Å². The maximum atomic E-state index is 13.8. The van der Waals surface area contributed by atoms with Crippen LogP contribution in [0, 0.1) is 25.7 Å². The van der Waals surface area contributed by atoms with Gasteiger partial charge in [-0.1, -0.05) is 29.3 Å². The SMILES string of the molecule is CNc1nc2ncc(-c3c(C)noc3C)cc2n1Cc1cccc(OCC(=O)NCCOCCOCCOCCSc2ccc(NCC#Cc3cc4c(NC5CCN(C)CC5)cccc4n3CC(F)(F)F)c(OC)c2)c1. The first kappa shape index (κ1) is 55.3. The number of pyridine rings is 1. The molecule has 17 nitrogen and oxygen atoms in total. The zero-order chi connectivity index (χ0) is 53.4. The number of fused-ring (bicyclic) bond motifs is 2. The van der Waals surface area contributed by atoms with Crippen LogP contribution in [0.3, 0.4) is 0 Å². The fourth-order valence-electron chi connectivity index (χ4n) is 8.95. The third-order valence-electron chi connectivity index (χ3n) is 12.7. The van der Waals surface area contributed by atoms with Crippen LogP contribution in [-0.4, -0.2) is 147 Å². The quantitative estimate of drug-likeness (QED) is 0.0230. The second kappa shape index (κ2) is 26.7. The highest BCUT2D eigenvalue weighted by Crippen LogP contribution is 2.34. The van der Waals surface area contributed by atoms with Gasteiger partial charge in [0.15, 0.2) is 12.3 Å². The molecule has 7 aromatic rings. The number of carbonyl (C=O) groups excluding carboxylic acids is 1. The molecule has 1 amide bonds. The van der Waals surface area contributed by atoms with Gasteiger partial charge in [0, 0.05) is 58.7 Å². The number of amides is 1. The second-order valence-corrected chi connectivity index (χ2v) is 19.4. The molecule has 0 atom stereocenters. The molecule has 0 aliphatic carbocycles. The second-order valence-electron chi connectivity index (χ2n) is 18.2. The first-order chi connectivity index (χ1) is 36.8. The van der Waals surface area contributed by atoms with Crippen LogP contribution in [0.25, 0.3) is 33.2 Å². The Morgan fingerprint density at radius 2 is 1.68 bits per heavy atom. The number of nitrogens with zero attached hydrogens (tertiary/aromatic N) is 6. The zero-order valence-electron chi connectivity index (χ0n) is 43.5. The number of halogens is 3. The molecule has 0 spiro atoms. The Balaban J connectivity index is 0.679. The highest BCUT2D eigenvalue weighted by molar-refractivity contribution is 7.99. The Kier molecular flexibility index (Phi) is 19.4. The van der Waals surface area contributed by atoms with Crippen LogP contribution in [0.5, 0.6) is 11.5 Å². The van der Waals surface area contributed by atoms with Gasteiger partial charge >= 0.3 is 6.18 Å². The lowest BCUT2D eigenvalue weighted by molar-refractivity contribution is -0.140. The van der Waals surface area contributed by atoms with E-state index in [0.717, 1.165) is 81.2 Å². The number of thioether (sulfide) groups is 1. The van der Waals surface area contributed by atoms with Gasteiger partial charge in [0.25, 0.3) is 5.91 Å². The van der Waals surface area contributed by atoms with Crippen molar-refractivity contribution in [1.29, 1.82) is 0 Å². The standard InChI is InChI=1S/C55H65F3N10O7S/c1-37-52(38(2)75-65-37)40-30-49-53(62-33-40)64-54(59-3)67(49)34-39-9-6-11-43(29-39)74-35-51(69)61-19-22-71-23-24-72-25-26-73-27-28-76-44-14-15-47(50(32-44)70-5)60-18-8-10-42-31-45-46(63-41-16-20-66(4)21-17-41)12-7-13-48(45)68(42)36-55(56,57)58/h6-7,9,11-15,29-33,41,60,63H,16-28,34-36H2,1-5H3,(H,61,69)(H,59,62,64). The van der Waals surface area contributed by atoms with E-state index in [2.05, 4.69) is 60.2 Å². The van der Waals surface area contributed by atoms with Crippen LogP contribution in [-0.2, 0) is 32.1 Å². The molecule has 1 aliphatic heterocycles. The number of ether oxygens (including phenoxy) is 5. The number of carbonyl (C=O) groups is 1. The molecule has 4 aromatic heterocycles. The number of piperidine rings is 1. The van der Waals surface area contributed by atoms with Gasteiger partial charge in [-0.2, -0.15) is 18.2 Å². The Morgan fingerprint density at radius 1 is 0.908 bits per heavy atom. The summed E-state index contributed by atoms with van der Waals surface area (Å²) in [5, 5.41) is 17.6. The molecular weight excluding hydrogens is 1000 g/mol. The van der Waals surface area contributed by atoms with Crippen molar-refractivity contribution in [3.63, 3.8) is 0 Å². The van der Waals surface area contributed by atoms with Gasteiger partial charge in [-0.05, 0) is 113 Å². The summed E-state index contributed by atoms with van der Waals surface area (Å²) in [4.78, 5) is 25.1. The van der Waals surface area contributed by atoms with Crippen molar-refractivity contribution >= 4 is 57.1 Å². The smallest absolute Gasteiger partial charge is 0.406 e. The molecule has 76 heavy (non-hydrogen) atoms. The summed E-state index contributed by atoms with van der Waals surface area (Å²) in [7, 11) is 5.50. The van der Waals surface area contributed by atoms with Crippen LogP contribution in [0.4, 0.5) is 30.5 Å². The molecule has 5 heterocycles. The van der Waals surface area contributed by atoms with E-state index < -0.39 is 12.7 Å². The van der Waals surface area contributed by atoms with Gasteiger partial charge < -0.3 is 63.5 Å². The number of aryl methyl sites for hydroxylation is 2. The number of methoxy groups -OCH3 is 1. The van der Waals surface area contributed by atoms with Crippen LogP contribution in [0.2, 0.25) is 0 Å². The molecular formula is C55H65F3N10O7S. The van der Waals surface area contributed by atoms with Gasteiger partial charge in [0.05, 0.1) is 87.9 Å². The molecule has 0 bridgehead atoms. The maximum absolute atomic E-state index is 13.8. The van der Waals surface area contributed by atoms with Gasteiger partial charge in [-0.25, -0.2) is 4.98 Å². The van der Waals surface area contributed by atoms with E-state index in [0.29, 0.717) is 92.8 Å². The van der Waals surface area contributed by atoms with E-state index in [4.69, 9.17) is 28.2 Å². The first-order valence-electron chi connectivity index (χ1n) is 25.2. The molecule has 1 aliphatic rings. The summed E-state index contributed by atoms with van der Waals surface area (Å²) in [5.41, 5.74) is 7.34. The summed E-state index contributed by atoms with van der Waals surface area (Å²) < 4.78 is 78.5. The maximum Gasteiger partial charge on any atom is 0.406 e. The van der Waals surface area contributed by atoms with E-state index >= 15 is 0 Å². The third-order valence-corrected chi connectivity index (χ3v) is 13.6. The minimum Gasteiger partial charge on any atom is -0.495 e. The van der Waals surface area contributed by atoms with Crippen molar-refractivity contribution < 1.29 is 46.2 Å². The van der Waals surface area contributed by atoms with Gasteiger partial charge in [0.2, 0.25) is 5.95 Å². The number of nitrogens with one attached hydrogen (secondary N) is 4. The number of rotatable bonds is 26. The number of benzene rings is 3. The van der Waals surface area contributed by atoms with Crippen molar-refractivity contribution in [1.82, 2.24) is 34.5 Å². The summed E-state index contributed by atoms with van der Waals surface area (Å²) in [6, 6.07) is 22.9. The fraction of sp³-hybridized carbons (Fsp3) is 0.418. The van der Waals surface area contributed by atoms with Gasteiger partial charge in [-0.3, -0.25) is 4.79 Å².